The molecule has 2 heteroatoms. The summed E-state index contributed by atoms with van der Waals surface area (Å²) in [7, 11) is 0. The molecule has 19 heavy (non-hydrogen) atoms. The van der Waals surface area contributed by atoms with E-state index >= 15 is 0 Å². The highest BCUT2D eigenvalue weighted by molar-refractivity contribution is 5.31. The monoisotopic (exact) mass is 253 g/mol. The Labute approximate surface area is 115 Å². The van der Waals surface area contributed by atoms with E-state index in [1.807, 2.05) is 0 Å². The Hall–Kier alpha value is -2.35. The highest BCUT2D eigenvalue weighted by Gasteiger charge is 1.97. The predicted octanol–water partition coefficient (Wildman–Crippen LogP) is 4.35. The first-order valence-corrected chi connectivity index (χ1v) is 6.09. The zero-order valence-electron chi connectivity index (χ0n) is 11.3. The Balaban J connectivity index is 0.000000312. The fourth-order valence-corrected chi connectivity index (χ4v) is 1.68. The Morgan fingerprint density at radius 3 is 2.21 bits per heavy atom. The smallest absolute Gasteiger partial charge is 0.114 e. The van der Waals surface area contributed by atoms with Gasteiger partial charge >= 0.3 is 0 Å². The molecule has 0 saturated carbocycles. The lowest BCUT2D eigenvalue weighted by Crippen LogP contribution is -1.90. The van der Waals surface area contributed by atoms with Gasteiger partial charge in [-0.05, 0) is 30.0 Å². The van der Waals surface area contributed by atoms with Crippen molar-refractivity contribution in [2.24, 2.45) is 5.16 Å². The van der Waals surface area contributed by atoms with E-state index in [-0.39, 0.29) is 0 Å². The van der Waals surface area contributed by atoms with Crippen molar-refractivity contribution >= 4 is 6.72 Å². The Bertz CT molecular complexity index is 500. The average molecular weight is 253 g/mol. The highest BCUT2D eigenvalue weighted by Crippen LogP contribution is 2.12. The summed E-state index contributed by atoms with van der Waals surface area (Å²) >= 11 is 0. The van der Waals surface area contributed by atoms with Crippen molar-refractivity contribution in [2.45, 2.75) is 13.3 Å². The number of oxime groups is 1. The first-order chi connectivity index (χ1) is 9.27. The molecular weight excluding hydrogens is 234 g/mol. The normalized spacial score (nSPS) is 8.89. The fourth-order valence-electron chi connectivity index (χ4n) is 1.68. The molecular formula is C17H19NO. The number of rotatable bonds is 4. The molecule has 0 aliphatic heterocycles. The van der Waals surface area contributed by atoms with E-state index in [4.69, 9.17) is 0 Å². The summed E-state index contributed by atoms with van der Waals surface area (Å²) in [6, 6.07) is 19.1. The molecule has 0 saturated heterocycles. The fraction of sp³-hybridized carbons (Fsp3) is 0.118. The van der Waals surface area contributed by atoms with Crippen LogP contribution in [0, 0.1) is 6.92 Å². The molecule has 0 aromatic heterocycles. The van der Waals surface area contributed by atoms with Crippen LogP contribution in [-0.4, -0.2) is 6.72 Å². The van der Waals surface area contributed by atoms with Crippen molar-refractivity contribution in [2.75, 3.05) is 0 Å². The molecule has 0 spiro atoms. The average Bonchev–Trinajstić information content (AvgIpc) is 2.44. The summed E-state index contributed by atoms with van der Waals surface area (Å²) in [5.74, 6) is 0. The van der Waals surface area contributed by atoms with Gasteiger partial charge in [0.2, 0.25) is 0 Å². The largest absolute Gasteiger partial charge is 0.366 e. The summed E-state index contributed by atoms with van der Waals surface area (Å²) in [6.07, 6.45) is 2.24. The van der Waals surface area contributed by atoms with E-state index in [0.717, 1.165) is 6.42 Å². The summed E-state index contributed by atoms with van der Waals surface area (Å²) in [5.41, 5.74) is 4.16. The van der Waals surface area contributed by atoms with Gasteiger partial charge in [-0.15, -0.1) is 0 Å². The first kappa shape index (κ1) is 14.7. The zero-order valence-corrected chi connectivity index (χ0v) is 11.3. The molecule has 0 heterocycles. The van der Waals surface area contributed by atoms with Gasteiger partial charge in [0.05, 0.1) is 0 Å². The van der Waals surface area contributed by atoms with E-state index in [1.165, 1.54) is 23.0 Å². The molecule has 0 bridgehead atoms. The van der Waals surface area contributed by atoms with Gasteiger partial charge in [-0.2, -0.15) is 0 Å². The third kappa shape index (κ3) is 5.68. The van der Waals surface area contributed by atoms with Gasteiger partial charge in [0.1, 0.15) is 6.26 Å². The second-order valence-electron chi connectivity index (χ2n) is 3.99. The predicted molar refractivity (Wildman–Crippen MR) is 81.3 cm³/mol. The van der Waals surface area contributed by atoms with Crippen LogP contribution in [-0.2, 0) is 11.3 Å². The Morgan fingerprint density at radius 2 is 1.68 bits per heavy atom. The summed E-state index contributed by atoms with van der Waals surface area (Å²) in [6.45, 7) is 8.37. The van der Waals surface area contributed by atoms with Gasteiger partial charge in [-0.1, -0.05) is 66.3 Å². The first-order valence-electron chi connectivity index (χ1n) is 6.09. The molecule has 0 amide bonds. The van der Waals surface area contributed by atoms with Crippen LogP contribution in [0.25, 0.3) is 0 Å². The maximum atomic E-state index is 4.11. The van der Waals surface area contributed by atoms with Crippen molar-refractivity contribution in [3.8, 4) is 0 Å². The molecule has 2 nitrogen and oxygen atoms in total. The molecule has 0 aliphatic carbocycles. The maximum absolute atomic E-state index is 4.11. The van der Waals surface area contributed by atoms with Crippen LogP contribution in [0.15, 0.2) is 72.6 Å². The minimum absolute atomic E-state index is 1.04. The number of hydrogen-bond donors (Lipinski definition) is 0. The van der Waals surface area contributed by atoms with Crippen LogP contribution in [0.1, 0.15) is 16.7 Å². The highest BCUT2D eigenvalue weighted by atomic mass is 16.6. The molecule has 0 atom stereocenters. The second-order valence-corrected chi connectivity index (χ2v) is 3.99. The molecule has 2 rings (SSSR count). The molecule has 0 radical (unpaired) electrons. The molecule has 0 aliphatic rings. The second kappa shape index (κ2) is 8.70. The van der Waals surface area contributed by atoms with Crippen molar-refractivity contribution in [3.63, 3.8) is 0 Å². The van der Waals surface area contributed by atoms with Crippen LogP contribution in [0.3, 0.4) is 0 Å². The van der Waals surface area contributed by atoms with Crippen LogP contribution in [0.2, 0.25) is 0 Å². The minimum Gasteiger partial charge on any atom is -0.366 e. The molecule has 2 aromatic carbocycles. The quantitative estimate of drug-likeness (QED) is 0.451. The van der Waals surface area contributed by atoms with Crippen LogP contribution >= 0.6 is 0 Å². The number of aryl methyl sites for hydroxylation is 1. The van der Waals surface area contributed by atoms with E-state index in [1.54, 1.807) is 0 Å². The molecule has 0 fully saturated rings. The molecule has 0 unspecified atom stereocenters. The summed E-state index contributed by atoms with van der Waals surface area (Å²) < 4.78 is 0. The summed E-state index contributed by atoms with van der Waals surface area (Å²) in [5, 5.41) is 2.99. The molecule has 0 N–H and O–H groups in total. The van der Waals surface area contributed by atoms with Gasteiger partial charge < -0.3 is 4.84 Å². The number of hydrogen-bond acceptors (Lipinski definition) is 2. The van der Waals surface area contributed by atoms with E-state index in [2.05, 4.69) is 84.8 Å². The van der Waals surface area contributed by atoms with Crippen molar-refractivity contribution < 1.29 is 4.84 Å². The number of nitrogens with zero attached hydrogens (tertiary/aromatic N) is 1. The van der Waals surface area contributed by atoms with Crippen molar-refractivity contribution in [3.05, 3.63) is 84.1 Å². The Kier molecular flexibility index (Phi) is 6.73. The van der Waals surface area contributed by atoms with Crippen LogP contribution < -0.4 is 0 Å². The lowest BCUT2D eigenvalue weighted by molar-refractivity contribution is 0.273. The zero-order chi connectivity index (χ0) is 13.9. The van der Waals surface area contributed by atoms with Crippen molar-refractivity contribution in [1.82, 2.24) is 0 Å². The lowest BCUT2D eigenvalue weighted by Gasteiger charge is -2.04. The van der Waals surface area contributed by atoms with Gasteiger partial charge in [0, 0.05) is 6.72 Å². The van der Waals surface area contributed by atoms with Gasteiger partial charge in [-0.3, -0.25) is 0 Å². The number of benzene rings is 2. The Morgan fingerprint density at radius 1 is 1.05 bits per heavy atom. The van der Waals surface area contributed by atoms with Crippen LogP contribution in [0.5, 0.6) is 0 Å². The van der Waals surface area contributed by atoms with Crippen molar-refractivity contribution in [1.29, 1.82) is 0 Å². The van der Waals surface area contributed by atoms with E-state index < -0.39 is 0 Å². The third-order valence-electron chi connectivity index (χ3n) is 2.65. The standard InChI is InChI=1S/C14H14.C3H5NO/c1-12-7-5-6-10-14(12)11-13-8-3-2-4-9-13;1-3-5-4-2/h2-10H,11H2,1H3;3H,1-2H2. The third-order valence-corrected chi connectivity index (χ3v) is 2.65. The maximum Gasteiger partial charge on any atom is 0.114 e. The SMILES string of the molecule is C=CON=C.Cc1ccccc1Cc1ccccc1. The summed E-state index contributed by atoms with van der Waals surface area (Å²) in [4.78, 5) is 4.11. The van der Waals surface area contributed by atoms with Crippen LogP contribution in [0.4, 0.5) is 0 Å². The van der Waals surface area contributed by atoms with Gasteiger partial charge in [0.15, 0.2) is 0 Å². The molecule has 2 aromatic rings. The topological polar surface area (TPSA) is 21.6 Å². The van der Waals surface area contributed by atoms with E-state index in [0.29, 0.717) is 0 Å². The van der Waals surface area contributed by atoms with Gasteiger partial charge in [0.25, 0.3) is 0 Å². The lowest BCUT2D eigenvalue weighted by atomic mass is 10.0. The van der Waals surface area contributed by atoms with Gasteiger partial charge in [-0.25, -0.2) is 0 Å². The minimum atomic E-state index is 1.04. The van der Waals surface area contributed by atoms with E-state index in [9.17, 15) is 0 Å². The molecule has 98 valence electrons.